The summed E-state index contributed by atoms with van der Waals surface area (Å²) in [7, 11) is -2.73. The summed E-state index contributed by atoms with van der Waals surface area (Å²) in [6.45, 7) is 3.54. The molecule has 1 aliphatic heterocycles. The summed E-state index contributed by atoms with van der Waals surface area (Å²) in [6.07, 6.45) is 1.47. The maximum Gasteiger partial charge on any atom is 0.340 e. The molecular formula is C33H28Cl2N2O6S. The number of sulfonamides is 1. The van der Waals surface area contributed by atoms with Gasteiger partial charge in [0.2, 0.25) is 10.0 Å². The van der Waals surface area contributed by atoms with E-state index in [2.05, 4.69) is 0 Å². The number of esters is 1. The number of hydrogen-bond acceptors (Lipinski definition) is 6. The molecule has 1 aromatic heterocycles. The zero-order valence-electron chi connectivity index (χ0n) is 24.1. The molecule has 226 valence electrons. The summed E-state index contributed by atoms with van der Waals surface area (Å²) in [5.74, 6) is -0.491. The van der Waals surface area contributed by atoms with Gasteiger partial charge in [-0.05, 0) is 86.2 Å². The molecule has 0 radical (unpaired) electrons. The lowest BCUT2D eigenvalue weighted by atomic mass is 10.1. The first-order chi connectivity index (χ1) is 21.0. The fourth-order valence-electron chi connectivity index (χ4n) is 4.83. The number of nitrogens with zero attached hydrogens (tertiary/aromatic N) is 2. The van der Waals surface area contributed by atoms with E-state index in [4.69, 9.17) is 32.4 Å². The van der Waals surface area contributed by atoms with Crippen molar-refractivity contribution in [2.24, 2.45) is 0 Å². The molecule has 0 spiro atoms. The van der Waals surface area contributed by atoms with Crippen molar-refractivity contribution in [1.82, 2.24) is 4.31 Å². The number of allylic oxidation sites excluding steroid dienone is 1. The molecule has 8 nitrogen and oxygen atoms in total. The Morgan fingerprint density at radius 1 is 0.886 bits per heavy atom. The lowest BCUT2D eigenvalue weighted by molar-refractivity contribution is -0.136. The maximum atomic E-state index is 13.7. The van der Waals surface area contributed by atoms with Gasteiger partial charge in [0.05, 0.1) is 29.7 Å². The quantitative estimate of drug-likeness (QED) is 0.141. The topological polar surface area (TPSA) is 97.1 Å². The van der Waals surface area contributed by atoms with E-state index in [9.17, 15) is 18.0 Å². The molecule has 0 aliphatic carbocycles. The van der Waals surface area contributed by atoms with E-state index in [0.717, 1.165) is 11.1 Å². The van der Waals surface area contributed by atoms with Gasteiger partial charge >= 0.3 is 5.97 Å². The van der Waals surface area contributed by atoms with Gasteiger partial charge < -0.3 is 9.15 Å². The molecule has 44 heavy (non-hydrogen) atoms. The van der Waals surface area contributed by atoms with Crippen molar-refractivity contribution in [3.63, 3.8) is 0 Å². The minimum Gasteiger partial charge on any atom is -0.465 e. The van der Waals surface area contributed by atoms with Crippen molar-refractivity contribution in [2.75, 3.05) is 12.0 Å². The normalized spacial score (nSPS) is 14.6. The average molecular weight is 652 g/mol. The molecule has 0 unspecified atom stereocenters. The molecule has 0 bridgehead atoms. The van der Waals surface area contributed by atoms with Gasteiger partial charge in [-0.3, -0.25) is 9.69 Å². The van der Waals surface area contributed by atoms with Crippen LogP contribution in [0.1, 0.15) is 29.6 Å². The summed E-state index contributed by atoms with van der Waals surface area (Å²) in [6, 6.07) is 23.4. The van der Waals surface area contributed by atoms with E-state index in [1.807, 2.05) is 19.1 Å². The van der Waals surface area contributed by atoms with Crippen molar-refractivity contribution in [1.29, 1.82) is 0 Å². The van der Waals surface area contributed by atoms with E-state index in [0.29, 0.717) is 27.2 Å². The first-order valence-corrected chi connectivity index (χ1v) is 15.7. The number of aryl methyl sites for hydroxylation is 1. The zero-order chi connectivity index (χ0) is 31.6. The first kappa shape index (κ1) is 31.3. The Morgan fingerprint density at radius 3 is 2.11 bits per heavy atom. The van der Waals surface area contributed by atoms with Crippen LogP contribution in [-0.2, 0) is 37.4 Å². The van der Waals surface area contributed by atoms with E-state index >= 15 is 0 Å². The molecule has 0 N–H and O–H groups in total. The SMILES string of the molecule is COC(=O)C1=C(C)N(c2ccc(C)cc2)C(=O)/C1=C/c1ccc(CN(Cc2ccc(Cl)cc2)S(=O)(=O)c2ccc(Cl)cc2)o1. The van der Waals surface area contributed by atoms with Gasteiger partial charge in [-0.25, -0.2) is 13.2 Å². The molecule has 0 atom stereocenters. The Hall–Kier alpha value is -4.15. The highest BCUT2D eigenvalue weighted by atomic mass is 35.5. The summed E-state index contributed by atoms with van der Waals surface area (Å²) in [5, 5.41) is 0.942. The number of carbonyl (C=O) groups is 2. The Morgan fingerprint density at radius 2 is 1.50 bits per heavy atom. The third-order valence-corrected chi connectivity index (χ3v) is 9.42. The lowest BCUT2D eigenvalue weighted by Crippen LogP contribution is -2.30. The number of rotatable bonds is 9. The fourth-order valence-corrected chi connectivity index (χ4v) is 6.48. The van der Waals surface area contributed by atoms with Crippen LogP contribution in [0.15, 0.2) is 111 Å². The van der Waals surface area contributed by atoms with Crippen LogP contribution in [-0.4, -0.2) is 31.7 Å². The van der Waals surface area contributed by atoms with Crippen molar-refractivity contribution in [3.8, 4) is 0 Å². The Balaban J connectivity index is 1.48. The second kappa shape index (κ2) is 12.8. The summed E-state index contributed by atoms with van der Waals surface area (Å²) in [5.41, 5.74) is 2.99. The highest BCUT2D eigenvalue weighted by Gasteiger charge is 2.38. The number of hydrogen-bond donors (Lipinski definition) is 0. The lowest BCUT2D eigenvalue weighted by Gasteiger charge is -2.21. The summed E-state index contributed by atoms with van der Waals surface area (Å²) >= 11 is 12.0. The van der Waals surface area contributed by atoms with Crippen molar-refractivity contribution in [2.45, 2.75) is 31.8 Å². The highest BCUT2D eigenvalue weighted by molar-refractivity contribution is 7.89. The number of benzene rings is 3. The Kier molecular flexibility index (Phi) is 9.12. The minimum atomic E-state index is -3.98. The zero-order valence-corrected chi connectivity index (χ0v) is 26.4. The van der Waals surface area contributed by atoms with Gasteiger partial charge in [-0.15, -0.1) is 0 Å². The molecular weight excluding hydrogens is 623 g/mol. The van der Waals surface area contributed by atoms with Gasteiger partial charge in [-0.2, -0.15) is 4.31 Å². The highest BCUT2D eigenvalue weighted by Crippen LogP contribution is 2.36. The molecule has 5 rings (SSSR count). The third-order valence-electron chi connectivity index (χ3n) is 7.11. The summed E-state index contributed by atoms with van der Waals surface area (Å²) in [4.78, 5) is 27.9. The number of furan rings is 1. The molecule has 0 saturated heterocycles. The maximum absolute atomic E-state index is 13.7. The standard InChI is InChI=1S/C33H28Cl2N2O6S/c1-21-4-12-26(13-5-21)37-22(2)31(33(39)42-3)30(32(37)38)18-27-14-15-28(43-27)20-36(19-23-6-8-24(34)9-7-23)44(40,41)29-16-10-25(35)11-17-29/h4-18H,19-20H2,1-3H3/b30-18+. The van der Waals surface area contributed by atoms with Gasteiger partial charge in [0, 0.05) is 28.0 Å². The molecule has 3 aromatic carbocycles. The van der Waals surface area contributed by atoms with Crippen LogP contribution in [0.3, 0.4) is 0 Å². The van der Waals surface area contributed by atoms with Crippen molar-refractivity contribution >= 4 is 56.9 Å². The van der Waals surface area contributed by atoms with Crippen LogP contribution in [0.25, 0.3) is 6.08 Å². The van der Waals surface area contributed by atoms with E-state index in [1.165, 1.54) is 46.7 Å². The molecule has 11 heteroatoms. The molecule has 4 aromatic rings. The molecule has 1 aliphatic rings. The van der Waals surface area contributed by atoms with Crippen LogP contribution in [0.4, 0.5) is 5.69 Å². The monoisotopic (exact) mass is 650 g/mol. The first-order valence-electron chi connectivity index (χ1n) is 13.5. The van der Waals surface area contributed by atoms with Crippen molar-refractivity contribution < 1.29 is 27.2 Å². The predicted molar refractivity (Wildman–Crippen MR) is 169 cm³/mol. The van der Waals surface area contributed by atoms with E-state index < -0.39 is 21.9 Å². The third kappa shape index (κ3) is 6.51. The second-order valence-corrected chi connectivity index (χ2v) is 13.0. The second-order valence-electron chi connectivity index (χ2n) is 10.1. The molecule has 1 amide bonds. The van der Waals surface area contributed by atoms with Crippen LogP contribution in [0.2, 0.25) is 10.0 Å². The van der Waals surface area contributed by atoms with Gasteiger partial charge in [-0.1, -0.05) is 53.0 Å². The number of ether oxygens (including phenoxy) is 1. The van der Waals surface area contributed by atoms with Crippen molar-refractivity contribution in [3.05, 3.63) is 134 Å². The summed E-state index contributed by atoms with van der Waals surface area (Å²) < 4.78 is 39.7. The number of amides is 1. The molecule has 2 heterocycles. The number of carbonyl (C=O) groups excluding carboxylic acids is 2. The number of anilines is 1. The molecule has 0 saturated carbocycles. The number of methoxy groups -OCH3 is 1. The van der Waals surface area contributed by atoms with E-state index in [1.54, 1.807) is 55.5 Å². The smallest absolute Gasteiger partial charge is 0.340 e. The largest absolute Gasteiger partial charge is 0.465 e. The van der Waals surface area contributed by atoms with Gasteiger partial charge in [0.25, 0.3) is 5.91 Å². The van der Waals surface area contributed by atoms with Gasteiger partial charge in [0.15, 0.2) is 0 Å². The van der Waals surface area contributed by atoms with Crippen LogP contribution in [0, 0.1) is 6.92 Å². The van der Waals surface area contributed by atoms with Crippen LogP contribution < -0.4 is 4.90 Å². The molecule has 0 fully saturated rings. The van der Waals surface area contributed by atoms with Crippen LogP contribution >= 0.6 is 23.2 Å². The average Bonchev–Trinajstić information content (AvgIpc) is 3.55. The predicted octanol–water partition coefficient (Wildman–Crippen LogP) is 7.16. The Labute approximate surface area is 265 Å². The van der Waals surface area contributed by atoms with Crippen LogP contribution in [0.5, 0.6) is 0 Å². The fraction of sp³-hybridized carbons (Fsp3) is 0.152. The Bertz CT molecular complexity index is 1880. The van der Waals surface area contributed by atoms with Gasteiger partial charge in [0.1, 0.15) is 11.5 Å². The van der Waals surface area contributed by atoms with E-state index in [-0.39, 0.29) is 34.9 Å². The number of halogens is 2. The minimum absolute atomic E-state index is 0.0394.